The topological polar surface area (TPSA) is 105 Å². The summed E-state index contributed by atoms with van der Waals surface area (Å²) in [4.78, 5) is 49.5. The van der Waals surface area contributed by atoms with E-state index in [9.17, 15) is 19.2 Å². The SMILES string of the molecule is C=C1c2ccccc2C(=O)N1CCC(=O)OC(C)C(=O)NC(=O)NC(C)(C)C. The highest BCUT2D eigenvalue weighted by atomic mass is 16.5. The van der Waals surface area contributed by atoms with Gasteiger partial charge in [0.25, 0.3) is 11.8 Å². The van der Waals surface area contributed by atoms with Gasteiger partial charge in [-0.25, -0.2) is 4.79 Å². The summed E-state index contributed by atoms with van der Waals surface area (Å²) in [5, 5.41) is 4.69. The average Bonchev–Trinajstić information content (AvgIpc) is 2.82. The highest BCUT2D eigenvalue weighted by Gasteiger charge is 2.31. The molecular formula is C20H25N3O5. The molecule has 1 aliphatic heterocycles. The molecular weight excluding hydrogens is 362 g/mol. The predicted octanol–water partition coefficient (Wildman–Crippen LogP) is 2.06. The van der Waals surface area contributed by atoms with E-state index >= 15 is 0 Å². The Morgan fingerprint density at radius 2 is 1.79 bits per heavy atom. The summed E-state index contributed by atoms with van der Waals surface area (Å²) in [5.74, 6) is -1.61. The lowest BCUT2D eigenvalue weighted by Crippen LogP contribution is -2.50. The van der Waals surface area contributed by atoms with E-state index in [2.05, 4.69) is 17.2 Å². The van der Waals surface area contributed by atoms with Gasteiger partial charge in [-0.3, -0.25) is 19.7 Å². The van der Waals surface area contributed by atoms with Crippen molar-refractivity contribution >= 4 is 29.5 Å². The Bertz CT molecular complexity index is 790. The number of nitrogens with zero attached hydrogens (tertiary/aromatic N) is 1. The first-order valence-electron chi connectivity index (χ1n) is 8.92. The van der Waals surface area contributed by atoms with Gasteiger partial charge in [-0.2, -0.15) is 0 Å². The number of hydrogen-bond donors (Lipinski definition) is 2. The molecule has 150 valence electrons. The lowest BCUT2D eigenvalue weighted by Gasteiger charge is -2.21. The van der Waals surface area contributed by atoms with Gasteiger partial charge in [0.05, 0.1) is 6.42 Å². The first-order chi connectivity index (χ1) is 13.0. The van der Waals surface area contributed by atoms with Gasteiger partial charge in [-0.05, 0) is 33.8 Å². The Morgan fingerprint density at radius 1 is 1.18 bits per heavy atom. The number of imide groups is 1. The second-order valence-electron chi connectivity index (χ2n) is 7.52. The van der Waals surface area contributed by atoms with Crippen molar-refractivity contribution in [1.82, 2.24) is 15.5 Å². The monoisotopic (exact) mass is 387 g/mol. The van der Waals surface area contributed by atoms with Crippen LogP contribution in [0.15, 0.2) is 30.8 Å². The average molecular weight is 387 g/mol. The second-order valence-corrected chi connectivity index (χ2v) is 7.52. The number of esters is 1. The Morgan fingerprint density at radius 3 is 2.36 bits per heavy atom. The van der Waals surface area contributed by atoms with Crippen molar-refractivity contribution in [3.8, 4) is 0 Å². The number of amides is 4. The molecule has 0 radical (unpaired) electrons. The second kappa shape index (κ2) is 8.24. The van der Waals surface area contributed by atoms with Crippen LogP contribution in [-0.2, 0) is 14.3 Å². The van der Waals surface area contributed by atoms with Gasteiger partial charge in [0, 0.05) is 28.9 Å². The Hall–Kier alpha value is -3.16. The zero-order valence-electron chi connectivity index (χ0n) is 16.5. The van der Waals surface area contributed by atoms with E-state index in [-0.39, 0.29) is 18.9 Å². The maximum absolute atomic E-state index is 12.4. The Labute approximate surface area is 163 Å². The third-order valence-corrected chi connectivity index (χ3v) is 3.98. The van der Waals surface area contributed by atoms with Crippen LogP contribution >= 0.6 is 0 Å². The molecule has 1 atom stereocenters. The standard InChI is InChI=1S/C20H25N3O5/c1-12-14-8-6-7-9-15(14)18(26)23(12)11-10-16(24)28-13(2)17(25)21-19(27)22-20(3,4)5/h6-9,13H,1,10-11H2,2-5H3,(H2,21,22,25,27). The van der Waals surface area contributed by atoms with Crippen LogP contribution in [0.1, 0.15) is 50.0 Å². The molecule has 8 nitrogen and oxygen atoms in total. The highest BCUT2D eigenvalue weighted by Crippen LogP contribution is 2.31. The maximum atomic E-state index is 12.4. The molecule has 0 aliphatic carbocycles. The zero-order valence-corrected chi connectivity index (χ0v) is 16.5. The Kier molecular flexibility index (Phi) is 6.23. The molecule has 0 aromatic heterocycles. The minimum atomic E-state index is -1.15. The van der Waals surface area contributed by atoms with Crippen molar-refractivity contribution in [2.75, 3.05) is 6.54 Å². The van der Waals surface area contributed by atoms with Gasteiger partial charge in [0.1, 0.15) is 0 Å². The van der Waals surface area contributed by atoms with E-state index in [0.29, 0.717) is 11.3 Å². The van der Waals surface area contributed by atoms with Crippen LogP contribution in [-0.4, -0.2) is 46.9 Å². The summed E-state index contributed by atoms with van der Waals surface area (Å²) in [6.07, 6.45) is -1.25. The van der Waals surface area contributed by atoms with Crippen LogP contribution in [0.25, 0.3) is 5.70 Å². The van der Waals surface area contributed by atoms with Crippen molar-refractivity contribution in [3.05, 3.63) is 42.0 Å². The predicted molar refractivity (Wildman–Crippen MR) is 103 cm³/mol. The van der Waals surface area contributed by atoms with Gasteiger partial charge < -0.3 is 15.0 Å². The molecule has 1 aromatic rings. The molecule has 8 heteroatoms. The molecule has 2 rings (SSSR count). The van der Waals surface area contributed by atoms with Crippen molar-refractivity contribution in [3.63, 3.8) is 0 Å². The molecule has 1 aliphatic rings. The van der Waals surface area contributed by atoms with Crippen molar-refractivity contribution in [2.45, 2.75) is 45.8 Å². The largest absolute Gasteiger partial charge is 0.452 e. The highest BCUT2D eigenvalue weighted by molar-refractivity contribution is 6.08. The van der Waals surface area contributed by atoms with Crippen LogP contribution in [0.4, 0.5) is 4.79 Å². The number of benzene rings is 1. The summed E-state index contributed by atoms with van der Waals surface area (Å²) < 4.78 is 5.05. The van der Waals surface area contributed by atoms with E-state index < -0.39 is 29.6 Å². The van der Waals surface area contributed by atoms with E-state index in [1.165, 1.54) is 11.8 Å². The number of urea groups is 1. The van der Waals surface area contributed by atoms with E-state index in [1.807, 2.05) is 6.07 Å². The van der Waals surface area contributed by atoms with Crippen LogP contribution in [0, 0.1) is 0 Å². The molecule has 0 fully saturated rings. The fourth-order valence-corrected chi connectivity index (χ4v) is 2.67. The molecule has 0 spiro atoms. The molecule has 0 saturated carbocycles. The van der Waals surface area contributed by atoms with Crippen LogP contribution in [0.5, 0.6) is 0 Å². The van der Waals surface area contributed by atoms with Gasteiger partial charge in [0.2, 0.25) is 0 Å². The number of nitrogens with one attached hydrogen (secondary N) is 2. The summed E-state index contributed by atoms with van der Waals surface area (Å²) in [6.45, 7) is 10.7. The van der Waals surface area contributed by atoms with Crippen molar-refractivity contribution < 1.29 is 23.9 Å². The van der Waals surface area contributed by atoms with Crippen molar-refractivity contribution in [1.29, 1.82) is 0 Å². The number of rotatable bonds is 5. The van der Waals surface area contributed by atoms with Crippen LogP contribution in [0.2, 0.25) is 0 Å². The fraction of sp³-hybridized carbons (Fsp3) is 0.400. The molecule has 0 bridgehead atoms. The molecule has 0 saturated heterocycles. The molecule has 4 amide bonds. The fourth-order valence-electron chi connectivity index (χ4n) is 2.67. The van der Waals surface area contributed by atoms with Gasteiger partial charge in [-0.15, -0.1) is 0 Å². The number of hydrogen-bond acceptors (Lipinski definition) is 5. The third-order valence-electron chi connectivity index (χ3n) is 3.98. The Balaban J connectivity index is 1.83. The number of ether oxygens (including phenoxy) is 1. The van der Waals surface area contributed by atoms with Crippen LogP contribution in [0.3, 0.4) is 0 Å². The van der Waals surface area contributed by atoms with E-state index in [0.717, 1.165) is 5.56 Å². The van der Waals surface area contributed by atoms with E-state index in [4.69, 9.17) is 4.74 Å². The molecule has 1 unspecified atom stereocenters. The first-order valence-corrected chi connectivity index (χ1v) is 8.92. The third kappa shape index (κ3) is 5.18. The number of carbonyl (C=O) groups excluding carboxylic acids is 4. The summed E-state index contributed by atoms with van der Waals surface area (Å²) in [6, 6.07) is 6.40. The number of carbonyl (C=O) groups is 4. The summed E-state index contributed by atoms with van der Waals surface area (Å²) in [5.41, 5.74) is 1.29. The quantitative estimate of drug-likeness (QED) is 0.753. The maximum Gasteiger partial charge on any atom is 0.321 e. The minimum absolute atomic E-state index is 0.0873. The normalized spacial score (nSPS) is 14.4. The summed E-state index contributed by atoms with van der Waals surface area (Å²) in [7, 11) is 0. The first kappa shape index (κ1) is 21.1. The molecule has 1 aromatic carbocycles. The van der Waals surface area contributed by atoms with Crippen molar-refractivity contribution in [2.24, 2.45) is 0 Å². The smallest absolute Gasteiger partial charge is 0.321 e. The summed E-state index contributed by atoms with van der Waals surface area (Å²) >= 11 is 0. The lowest BCUT2D eigenvalue weighted by atomic mass is 10.1. The van der Waals surface area contributed by atoms with Gasteiger partial charge >= 0.3 is 12.0 Å². The number of fused-ring (bicyclic) bond motifs is 1. The minimum Gasteiger partial charge on any atom is -0.452 e. The molecule has 1 heterocycles. The van der Waals surface area contributed by atoms with Gasteiger partial charge in [-0.1, -0.05) is 24.8 Å². The molecule has 28 heavy (non-hydrogen) atoms. The van der Waals surface area contributed by atoms with E-state index in [1.54, 1.807) is 39.0 Å². The van der Waals surface area contributed by atoms with Gasteiger partial charge in [0.15, 0.2) is 6.10 Å². The molecule has 2 N–H and O–H groups in total. The lowest BCUT2D eigenvalue weighted by molar-refractivity contribution is -0.154. The zero-order chi connectivity index (χ0) is 21.1. The van der Waals surface area contributed by atoms with Crippen LogP contribution < -0.4 is 10.6 Å².